The van der Waals surface area contributed by atoms with Crippen molar-refractivity contribution in [3.63, 3.8) is 0 Å². The van der Waals surface area contributed by atoms with Crippen LogP contribution in [0, 0.1) is 0 Å². The first kappa shape index (κ1) is 7.82. The van der Waals surface area contributed by atoms with Gasteiger partial charge in [0.15, 0.2) is 5.65 Å². The van der Waals surface area contributed by atoms with Crippen LogP contribution in [0.4, 0.5) is 0 Å². The number of fused-ring (bicyclic) bond motifs is 1. The van der Waals surface area contributed by atoms with Gasteiger partial charge in [0.1, 0.15) is 11.4 Å². The van der Waals surface area contributed by atoms with Crippen LogP contribution in [-0.2, 0) is 0 Å². The maximum Gasteiger partial charge on any atom is 0.159 e. The Bertz CT molecular complexity index is 388. The van der Waals surface area contributed by atoms with Crippen LogP contribution in [0.1, 0.15) is 0 Å². The van der Waals surface area contributed by atoms with Crippen LogP contribution in [-0.4, -0.2) is 25.4 Å². The van der Waals surface area contributed by atoms with E-state index >= 15 is 0 Å². The highest BCUT2D eigenvalue weighted by Crippen LogP contribution is 2.22. The number of halogens is 1. The molecule has 0 aliphatic heterocycles. The molecule has 2 aromatic heterocycles. The Hall–Kier alpha value is -0.810. The van der Waals surface area contributed by atoms with Crippen molar-refractivity contribution < 1.29 is 0 Å². The van der Waals surface area contributed by atoms with Crippen molar-refractivity contribution in [2.75, 3.05) is 5.21 Å². The van der Waals surface area contributed by atoms with Crippen LogP contribution in [0.15, 0.2) is 17.6 Å². The topological polar surface area (TPSA) is 54.5 Å². The van der Waals surface area contributed by atoms with Gasteiger partial charge in [-0.25, -0.2) is 9.97 Å². The maximum absolute atomic E-state index is 5.58. The molecule has 0 spiro atoms. The quantitative estimate of drug-likeness (QED) is 0.455. The monoisotopic (exact) mass is 200 g/mol. The molecule has 0 radical (unpaired) electrons. The fraction of sp³-hybridized carbons (Fsp3) is 0.167. The van der Waals surface area contributed by atoms with E-state index in [1.54, 1.807) is 6.20 Å². The second-order valence-electron chi connectivity index (χ2n) is 2.06. The lowest BCUT2D eigenvalue weighted by atomic mass is 10.4. The SMILES string of the molecule is ClCSc1ncnc2[nH]ncc12. The molecular formula is C6H5ClN4S. The van der Waals surface area contributed by atoms with E-state index in [0.717, 1.165) is 16.1 Å². The predicted molar refractivity (Wildman–Crippen MR) is 48.3 cm³/mol. The largest absolute Gasteiger partial charge is 0.261 e. The zero-order valence-corrected chi connectivity index (χ0v) is 7.56. The van der Waals surface area contributed by atoms with Crippen LogP contribution >= 0.6 is 23.4 Å². The zero-order valence-electron chi connectivity index (χ0n) is 5.99. The van der Waals surface area contributed by atoms with Gasteiger partial charge in [0.05, 0.1) is 16.8 Å². The van der Waals surface area contributed by atoms with Crippen LogP contribution in [0.25, 0.3) is 11.0 Å². The second kappa shape index (κ2) is 3.28. The fourth-order valence-corrected chi connectivity index (χ4v) is 1.75. The van der Waals surface area contributed by atoms with Crippen molar-refractivity contribution in [1.29, 1.82) is 0 Å². The molecule has 2 rings (SSSR count). The molecule has 0 fully saturated rings. The number of rotatable bonds is 2. The molecule has 2 heterocycles. The van der Waals surface area contributed by atoms with E-state index in [1.165, 1.54) is 18.1 Å². The fourth-order valence-electron chi connectivity index (χ4n) is 0.910. The smallest absolute Gasteiger partial charge is 0.159 e. The van der Waals surface area contributed by atoms with E-state index in [2.05, 4.69) is 20.2 Å². The average Bonchev–Trinajstić information content (AvgIpc) is 2.53. The summed E-state index contributed by atoms with van der Waals surface area (Å²) in [4.78, 5) is 8.07. The van der Waals surface area contributed by atoms with Gasteiger partial charge in [0, 0.05) is 0 Å². The number of hydrogen-bond donors (Lipinski definition) is 1. The molecule has 0 saturated heterocycles. The van der Waals surface area contributed by atoms with E-state index < -0.39 is 0 Å². The van der Waals surface area contributed by atoms with Gasteiger partial charge >= 0.3 is 0 Å². The van der Waals surface area contributed by atoms with Gasteiger partial charge in [-0.3, -0.25) is 5.10 Å². The van der Waals surface area contributed by atoms with E-state index in [9.17, 15) is 0 Å². The van der Waals surface area contributed by atoms with Crippen LogP contribution in [0.5, 0.6) is 0 Å². The normalized spacial score (nSPS) is 10.8. The number of alkyl halides is 1. The molecule has 62 valence electrons. The van der Waals surface area contributed by atoms with Crippen molar-refractivity contribution in [3.05, 3.63) is 12.5 Å². The summed E-state index contributed by atoms with van der Waals surface area (Å²) >= 11 is 7.04. The Kier molecular flexibility index (Phi) is 2.14. The molecule has 0 aromatic carbocycles. The highest BCUT2D eigenvalue weighted by Gasteiger charge is 2.03. The lowest BCUT2D eigenvalue weighted by Gasteiger charge is -1.95. The van der Waals surface area contributed by atoms with Gasteiger partial charge in [0.25, 0.3) is 0 Å². The Morgan fingerprint density at radius 1 is 1.50 bits per heavy atom. The molecule has 0 unspecified atom stereocenters. The lowest BCUT2D eigenvalue weighted by molar-refractivity contribution is 1.07. The third-order valence-electron chi connectivity index (χ3n) is 1.40. The molecule has 0 atom stereocenters. The number of thioether (sulfide) groups is 1. The molecule has 1 N–H and O–H groups in total. The summed E-state index contributed by atoms with van der Waals surface area (Å²) in [7, 11) is 0. The number of aromatic amines is 1. The predicted octanol–water partition coefficient (Wildman–Crippen LogP) is 1.64. The van der Waals surface area contributed by atoms with Crippen molar-refractivity contribution in [3.8, 4) is 0 Å². The van der Waals surface area contributed by atoms with Gasteiger partial charge in [-0.15, -0.1) is 11.6 Å². The molecule has 2 aromatic rings. The summed E-state index contributed by atoms with van der Waals surface area (Å²) < 4.78 is 0. The lowest BCUT2D eigenvalue weighted by Crippen LogP contribution is -1.83. The summed E-state index contributed by atoms with van der Waals surface area (Å²) in [5, 5.41) is 8.89. The van der Waals surface area contributed by atoms with Gasteiger partial charge in [-0.05, 0) is 0 Å². The maximum atomic E-state index is 5.58. The molecule has 0 saturated carbocycles. The molecule has 0 amide bonds. The highest BCUT2D eigenvalue weighted by atomic mass is 35.5. The van der Waals surface area contributed by atoms with Gasteiger partial charge in [0.2, 0.25) is 0 Å². The Labute approximate surface area is 77.7 Å². The second-order valence-corrected chi connectivity index (χ2v) is 3.61. The first-order chi connectivity index (χ1) is 5.92. The van der Waals surface area contributed by atoms with Crippen LogP contribution in [0.3, 0.4) is 0 Å². The number of H-pyrrole nitrogens is 1. The van der Waals surface area contributed by atoms with E-state index in [-0.39, 0.29) is 0 Å². The standard InChI is InChI=1S/C6H5ClN4S/c7-2-12-6-4-1-10-11-5(4)8-3-9-6/h1,3H,2H2,(H,8,9,10,11). The zero-order chi connectivity index (χ0) is 8.39. The summed E-state index contributed by atoms with van der Waals surface area (Å²) in [5.41, 5.74) is 0.748. The minimum atomic E-state index is 0.483. The third kappa shape index (κ3) is 1.25. The molecule has 0 bridgehead atoms. The van der Waals surface area contributed by atoms with Crippen molar-refractivity contribution >= 4 is 34.4 Å². The van der Waals surface area contributed by atoms with Crippen molar-refractivity contribution in [2.24, 2.45) is 0 Å². The molecule has 4 nitrogen and oxygen atoms in total. The van der Waals surface area contributed by atoms with Crippen molar-refractivity contribution in [1.82, 2.24) is 20.2 Å². The van der Waals surface area contributed by atoms with Crippen molar-refractivity contribution in [2.45, 2.75) is 5.03 Å². The number of nitrogens with one attached hydrogen (secondary N) is 1. The molecular weight excluding hydrogens is 196 g/mol. The third-order valence-corrected chi connectivity index (χ3v) is 2.44. The number of hydrogen-bond acceptors (Lipinski definition) is 4. The van der Waals surface area contributed by atoms with E-state index in [0.29, 0.717) is 5.21 Å². The van der Waals surface area contributed by atoms with Gasteiger partial charge in [-0.1, -0.05) is 11.8 Å². The van der Waals surface area contributed by atoms with Crippen LogP contribution < -0.4 is 0 Å². The summed E-state index contributed by atoms with van der Waals surface area (Å²) in [6, 6.07) is 0. The summed E-state index contributed by atoms with van der Waals surface area (Å²) in [5.74, 6) is 0. The van der Waals surface area contributed by atoms with Gasteiger partial charge in [-0.2, -0.15) is 5.10 Å². The Morgan fingerprint density at radius 2 is 2.42 bits per heavy atom. The first-order valence-corrected chi connectivity index (χ1v) is 4.76. The Balaban J connectivity index is 2.57. The first-order valence-electron chi connectivity index (χ1n) is 3.24. The molecule has 0 aliphatic carbocycles. The van der Waals surface area contributed by atoms with Crippen LogP contribution in [0.2, 0.25) is 0 Å². The van der Waals surface area contributed by atoms with Gasteiger partial charge < -0.3 is 0 Å². The Morgan fingerprint density at radius 3 is 3.25 bits per heavy atom. The highest BCUT2D eigenvalue weighted by molar-refractivity contribution is 8.00. The van der Waals surface area contributed by atoms with E-state index in [1.807, 2.05) is 0 Å². The molecule has 12 heavy (non-hydrogen) atoms. The minimum Gasteiger partial charge on any atom is -0.261 e. The summed E-state index contributed by atoms with van der Waals surface area (Å²) in [6.45, 7) is 0. The number of aromatic nitrogens is 4. The summed E-state index contributed by atoms with van der Waals surface area (Å²) in [6.07, 6.45) is 3.19. The average molecular weight is 201 g/mol. The molecule has 6 heteroatoms. The van der Waals surface area contributed by atoms with E-state index in [4.69, 9.17) is 11.6 Å². The number of nitrogens with zero attached hydrogens (tertiary/aromatic N) is 3. The minimum absolute atomic E-state index is 0.483. The molecule has 0 aliphatic rings.